The van der Waals surface area contributed by atoms with Gasteiger partial charge in [-0.3, -0.25) is 9.48 Å². The lowest BCUT2D eigenvalue weighted by molar-refractivity contribution is -0.112. The molecule has 1 heterocycles. The van der Waals surface area contributed by atoms with Crippen LogP contribution >= 0.6 is 0 Å². The first-order valence-electron chi connectivity index (χ1n) is 5.76. The Bertz CT molecular complexity index is 695. The first-order valence-corrected chi connectivity index (χ1v) is 5.76. The zero-order chi connectivity index (χ0) is 14.5. The summed E-state index contributed by atoms with van der Waals surface area (Å²) in [7, 11) is 1.74. The summed E-state index contributed by atoms with van der Waals surface area (Å²) in [5, 5.41) is 15.5. The number of anilines is 1. The summed E-state index contributed by atoms with van der Waals surface area (Å²) in [6, 6.07) is 7.13. The number of nitrogens with zero attached hydrogens (tertiary/aromatic N) is 3. The molecule has 1 N–H and O–H groups in total. The summed E-state index contributed by atoms with van der Waals surface area (Å²) in [6.45, 7) is 0. The first-order chi connectivity index (χ1) is 9.58. The van der Waals surface area contributed by atoms with Crippen LogP contribution in [0.5, 0.6) is 0 Å². The normalized spacial score (nSPS) is 10.9. The Labute approximate surface area is 115 Å². The van der Waals surface area contributed by atoms with Crippen molar-refractivity contribution in [1.29, 1.82) is 5.26 Å². The third-order valence-electron chi connectivity index (χ3n) is 2.50. The molecule has 100 valence electrons. The number of rotatable bonds is 3. The number of hydrogen-bond acceptors (Lipinski definition) is 3. The van der Waals surface area contributed by atoms with Crippen LogP contribution in [-0.4, -0.2) is 15.7 Å². The van der Waals surface area contributed by atoms with Crippen LogP contribution in [-0.2, 0) is 11.8 Å². The molecular weight excluding hydrogens is 259 g/mol. The Balaban J connectivity index is 2.16. The minimum Gasteiger partial charge on any atom is -0.321 e. The second-order valence-corrected chi connectivity index (χ2v) is 4.08. The van der Waals surface area contributed by atoms with Crippen molar-refractivity contribution in [3.63, 3.8) is 0 Å². The lowest BCUT2D eigenvalue weighted by Crippen LogP contribution is -2.13. The van der Waals surface area contributed by atoms with Gasteiger partial charge in [-0.05, 0) is 30.3 Å². The van der Waals surface area contributed by atoms with E-state index in [1.165, 1.54) is 30.3 Å². The Morgan fingerprint density at radius 2 is 2.15 bits per heavy atom. The molecule has 0 aliphatic heterocycles. The number of carbonyl (C=O) groups excluding carboxylic acids is 1. The average molecular weight is 270 g/mol. The number of carbonyl (C=O) groups is 1. The van der Waals surface area contributed by atoms with E-state index < -0.39 is 11.7 Å². The fourth-order valence-electron chi connectivity index (χ4n) is 1.56. The van der Waals surface area contributed by atoms with Gasteiger partial charge in [0.25, 0.3) is 5.91 Å². The van der Waals surface area contributed by atoms with E-state index in [9.17, 15) is 9.18 Å². The average Bonchev–Trinajstić information content (AvgIpc) is 2.84. The van der Waals surface area contributed by atoms with Gasteiger partial charge in [0.05, 0.1) is 6.20 Å². The van der Waals surface area contributed by atoms with Gasteiger partial charge >= 0.3 is 0 Å². The van der Waals surface area contributed by atoms with Gasteiger partial charge < -0.3 is 5.32 Å². The highest BCUT2D eigenvalue weighted by Crippen LogP contribution is 2.11. The minimum atomic E-state index is -0.553. The number of hydrogen-bond donors (Lipinski definition) is 1. The molecular formula is C14H11FN4O. The van der Waals surface area contributed by atoms with Crippen molar-refractivity contribution in [1.82, 2.24) is 9.78 Å². The summed E-state index contributed by atoms with van der Waals surface area (Å²) in [6.07, 6.45) is 4.66. The topological polar surface area (TPSA) is 70.7 Å². The third-order valence-corrected chi connectivity index (χ3v) is 2.50. The largest absolute Gasteiger partial charge is 0.321 e. The molecule has 0 saturated heterocycles. The highest BCUT2D eigenvalue weighted by molar-refractivity contribution is 6.09. The molecule has 1 amide bonds. The molecule has 0 saturated carbocycles. The van der Waals surface area contributed by atoms with Crippen LogP contribution < -0.4 is 5.32 Å². The van der Waals surface area contributed by atoms with Crippen molar-refractivity contribution < 1.29 is 9.18 Å². The zero-order valence-corrected chi connectivity index (χ0v) is 10.7. The lowest BCUT2D eigenvalue weighted by Gasteiger charge is -2.03. The van der Waals surface area contributed by atoms with E-state index in [1.54, 1.807) is 24.1 Å². The van der Waals surface area contributed by atoms with Gasteiger partial charge in [0, 0.05) is 24.5 Å². The van der Waals surface area contributed by atoms with Crippen LogP contribution in [0.2, 0.25) is 0 Å². The standard InChI is InChI=1S/C14H11FN4O/c1-19-9-10(8-17-19)6-11(7-16)14(20)18-13-4-2-12(15)3-5-13/h2-6,8-9H,1H3,(H,18,20)/b11-6+. The molecule has 0 unspecified atom stereocenters. The fourth-order valence-corrected chi connectivity index (χ4v) is 1.56. The summed E-state index contributed by atoms with van der Waals surface area (Å²) in [4.78, 5) is 11.9. The number of aryl methyl sites for hydroxylation is 1. The van der Waals surface area contributed by atoms with Crippen LogP contribution in [0.15, 0.2) is 42.2 Å². The fraction of sp³-hybridized carbons (Fsp3) is 0.0714. The minimum absolute atomic E-state index is 0.0534. The molecule has 0 aliphatic carbocycles. The Kier molecular flexibility index (Phi) is 3.91. The molecule has 5 nitrogen and oxygen atoms in total. The number of nitrogens with one attached hydrogen (secondary N) is 1. The molecule has 20 heavy (non-hydrogen) atoms. The summed E-state index contributed by atoms with van der Waals surface area (Å²) in [5.74, 6) is -0.947. The van der Waals surface area contributed by atoms with Crippen LogP contribution in [0.4, 0.5) is 10.1 Å². The molecule has 0 spiro atoms. The van der Waals surface area contributed by atoms with Gasteiger partial charge in [-0.2, -0.15) is 10.4 Å². The zero-order valence-electron chi connectivity index (χ0n) is 10.7. The molecule has 1 aromatic carbocycles. The molecule has 1 aromatic heterocycles. The molecule has 0 aliphatic rings. The van der Waals surface area contributed by atoms with E-state index in [-0.39, 0.29) is 5.57 Å². The second-order valence-electron chi connectivity index (χ2n) is 4.08. The summed E-state index contributed by atoms with van der Waals surface area (Å²) < 4.78 is 14.3. The van der Waals surface area contributed by atoms with Gasteiger partial charge in [0.2, 0.25) is 0 Å². The maximum atomic E-state index is 12.8. The van der Waals surface area contributed by atoms with Gasteiger partial charge in [-0.15, -0.1) is 0 Å². The van der Waals surface area contributed by atoms with E-state index in [0.717, 1.165) is 0 Å². The smallest absolute Gasteiger partial charge is 0.266 e. The molecule has 0 bridgehead atoms. The molecule has 0 atom stereocenters. The Morgan fingerprint density at radius 1 is 1.45 bits per heavy atom. The van der Waals surface area contributed by atoms with Crippen LogP contribution in [0.25, 0.3) is 6.08 Å². The van der Waals surface area contributed by atoms with E-state index in [0.29, 0.717) is 11.3 Å². The van der Waals surface area contributed by atoms with Gasteiger partial charge in [-0.25, -0.2) is 4.39 Å². The van der Waals surface area contributed by atoms with Gasteiger partial charge in [0.1, 0.15) is 17.5 Å². The molecule has 2 aromatic rings. The van der Waals surface area contributed by atoms with Crippen molar-refractivity contribution in [2.24, 2.45) is 7.05 Å². The maximum absolute atomic E-state index is 12.8. The number of benzene rings is 1. The summed E-state index contributed by atoms with van der Waals surface area (Å²) in [5.41, 5.74) is 1.02. The van der Waals surface area contributed by atoms with Crippen molar-refractivity contribution in [2.75, 3.05) is 5.32 Å². The van der Waals surface area contributed by atoms with E-state index >= 15 is 0 Å². The Hall–Kier alpha value is -2.94. The van der Waals surface area contributed by atoms with Crippen molar-refractivity contribution in [3.05, 3.63) is 53.6 Å². The van der Waals surface area contributed by atoms with Crippen LogP contribution in [0, 0.1) is 17.1 Å². The van der Waals surface area contributed by atoms with Gasteiger partial charge in [0.15, 0.2) is 0 Å². The van der Waals surface area contributed by atoms with E-state index in [1.807, 2.05) is 6.07 Å². The van der Waals surface area contributed by atoms with Gasteiger partial charge in [-0.1, -0.05) is 0 Å². The predicted octanol–water partition coefficient (Wildman–Crippen LogP) is 2.10. The molecule has 2 rings (SSSR count). The third kappa shape index (κ3) is 3.29. The lowest BCUT2D eigenvalue weighted by atomic mass is 10.2. The predicted molar refractivity (Wildman–Crippen MR) is 71.8 cm³/mol. The maximum Gasteiger partial charge on any atom is 0.266 e. The Morgan fingerprint density at radius 3 is 2.70 bits per heavy atom. The highest BCUT2D eigenvalue weighted by atomic mass is 19.1. The van der Waals surface area contributed by atoms with Crippen molar-refractivity contribution >= 4 is 17.7 Å². The number of halogens is 1. The van der Waals surface area contributed by atoms with E-state index in [2.05, 4.69) is 10.4 Å². The monoisotopic (exact) mass is 270 g/mol. The number of amides is 1. The summed E-state index contributed by atoms with van der Waals surface area (Å²) >= 11 is 0. The van der Waals surface area contributed by atoms with E-state index in [4.69, 9.17) is 5.26 Å². The van der Waals surface area contributed by atoms with Crippen molar-refractivity contribution in [2.45, 2.75) is 0 Å². The van der Waals surface area contributed by atoms with Crippen LogP contribution in [0.3, 0.4) is 0 Å². The SMILES string of the molecule is Cn1cc(/C=C(\C#N)C(=O)Nc2ccc(F)cc2)cn1. The number of aromatic nitrogens is 2. The van der Waals surface area contributed by atoms with Crippen LogP contribution in [0.1, 0.15) is 5.56 Å². The second kappa shape index (κ2) is 5.80. The molecule has 0 fully saturated rings. The quantitative estimate of drug-likeness (QED) is 0.686. The number of nitriles is 1. The highest BCUT2D eigenvalue weighted by Gasteiger charge is 2.10. The molecule has 0 radical (unpaired) electrons. The molecule has 6 heteroatoms. The first kappa shape index (κ1) is 13.5. The van der Waals surface area contributed by atoms with Crippen molar-refractivity contribution in [3.8, 4) is 6.07 Å².